The molecule has 1 N–H and O–H groups in total. The quantitative estimate of drug-likeness (QED) is 0.370. The first kappa shape index (κ1) is 28.0. The van der Waals surface area contributed by atoms with Crippen LogP contribution in [-0.2, 0) is 32.0 Å². The molecule has 0 spiro atoms. The number of halogens is 2. The number of thiazole rings is 1. The lowest BCUT2D eigenvalue weighted by molar-refractivity contribution is -0.116. The smallest absolute Gasteiger partial charge is 0.332 e. The molecule has 0 saturated heterocycles. The Labute approximate surface area is 224 Å². The first-order valence-electron chi connectivity index (χ1n) is 12.0. The number of nitrogens with one attached hydrogen (secondary N) is 1. The topological polar surface area (TPSA) is 122 Å². The molecule has 0 fully saturated rings. The molecule has 1 amide bonds. The molecule has 0 unspecified atom stereocenters. The summed E-state index contributed by atoms with van der Waals surface area (Å²) in [5, 5.41) is 4.18. The third kappa shape index (κ3) is 5.28. The van der Waals surface area contributed by atoms with Gasteiger partial charge in [0, 0.05) is 31.6 Å². The van der Waals surface area contributed by atoms with Crippen LogP contribution in [0.4, 0.5) is 13.9 Å². The van der Waals surface area contributed by atoms with Gasteiger partial charge in [0.15, 0.2) is 33.7 Å². The molecule has 1 aromatic carbocycles. The van der Waals surface area contributed by atoms with Gasteiger partial charge in [0.05, 0.1) is 12.3 Å². The molecule has 0 aliphatic heterocycles. The summed E-state index contributed by atoms with van der Waals surface area (Å²) < 4.78 is 38.8. The highest BCUT2D eigenvalue weighted by molar-refractivity contribution is 7.14. The number of fused-ring (bicyclic) bond motifs is 1. The Morgan fingerprint density at radius 2 is 1.69 bits per heavy atom. The van der Waals surface area contributed by atoms with Crippen molar-refractivity contribution in [3.8, 4) is 17.0 Å². The Bertz CT molecular complexity index is 1750. The van der Waals surface area contributed by atoms with Crippen molar-refractivity contribution in [2.75, 3.05) is 11.9 Å². The van der Waals surface area contributed by atoms with Crippen molar-refractivity contribution >= 4 is 33.5 Å². The van der Waals surface area contributed by atoms with Gasteiger partial charge in [0.25, 0.3) is 5.56 Å². The number of anilines is 1. The molecule has 3 aromatic heterocycles. The zero-order valence-corrected chi connectivity index (χ0v) is 23.1. The van der Waals surface area contributed by atoms with E-state index < -0.39 is 46.8 Å². The second-order valence-electron chi connectivity index (χ2n) is 10.2. The molecular formula is C25H28F2N6O5S. The molecular weight excluding hydrogens is 534 g/mol. The van der Waals surface area contributed by atoms with Crippen LogP contribution in [0.15, 0.2) is 31.9 Å². The molecule has 0 aliphatic rings. The van der Waals surface area contributed by atoms with Gasteiger partial charge in [-0.25, -0.2) is 23.4 Å². The summed E-state index contributed by atoms with van der Waals surface area (Å²) in [5.74, 6) is -2.89. The first-order chi connectivity index (χ1) is 18.2. The summed E-state index contributed by atoms with van der Waals surface area (Å²) in [5.41, 5.74) is -1.83. The van der Waals surface area contributed by atoms with Gasteiger partial charge in [0.2, 0.25) is 5.91 Å². The minimum Gasteiger partial charge on any atom is -0.487 e. The van der Waals surface area contributed by atoms with E-state index in [9.17, 15) is 28.0 Å². The number of amides is 1. The predicted octanol–water partition coefficient (Wildman–Crippen LogP) is 2.69. The van der Waals surface area contributed by atoms with Crippen molar-refractivity contribution in [1.82, 2.24) is 23.3 Å². The van der Waals surface area contributed by atoms with Gasteiger partial charge in [-0.05, 0) is 24.5 Å². The molecule has 0 atom stereocenters. The average molecular weight is 563 g/mol. The number of benzene rings is 1. The van der Waals surface area contributed by atoms with E-state index in [2.05, 4.69) is 10.3 Å². The van der Waals surface area contributed by atoms with Gasteiger partial charge in [0.1, 0.15) is 6.54 Å². The summed E-state index contributed by atoms with van der Waals surface area (Å²) in [4.78, 5) is 55.3. The number of aromatic nitrogens is 5. The second-order valence-corrected chi connectivity index (χ2v) is 11.1. The average Bonchev–Trinajstić information content (AvgIpc) is 3.42. The number of hydrogen-bond acceptors (Lipinski definition) is 7. The fraction of sp³-hybridized carbons (Fsp3) is 0.400. The van der Waals surface area contributed by atoms with E-state index in [1.807, 2.05) is 20.8 Å². The largest absolute Gasteiger partial charge is 0.487 e. The molecule has 0 saturated carbocycles. The van der Waals surface area contributed by atoms with E-state index in [1.54, 1.807) is 6.92 Å². The van der Waals surface area contributed by atoms with Crippen molar-refractivity contribution < 1.29 is 18.3 Å². The number of carbonyl (C=O) groups is 1. The maximum Gasteiger partial charge on any atom is 0.332 e. The van der Waals surface area contributed by atoms with Gasteiger partial charge < -0.3 is 10.1 Å². The molecule has 4 rings (SSSR count). The Morgan fingerprint density at radius 1 is 1.05 bits per heavy atom. The Kier molecular flexibility index (Phi) is 7.34. The molecule has 11 nitrogen and oxygen atoms in total. The van der Waals surface area contributed by atoms with Crippen LogP contribution in [0.3, 0.4) is 0 Å². The third-order valence-corrected chi connectivity index (χ3v) is 6.67. The Hall–Kier alpha value is -4.07. The Balaban J connectivity index is 1.59. The zero-order chi connectivity index (χ0) is 28.8. The monoisotopic (exact) mass is 562 g/mol. The summed E-state index contributed by atoms with van der Waals surface area (Å²) in [7, 11) is 2.72. The highest BCUT2D eigenvalue weighted by Gasteiger charge is 2.23. The molecule has 0 aliphatic carbocycles. The van der Waals surface area contributed by atoms with Gasteiger partial charge in [-0.2, -0.15) is 0 Å². The van der Waals surface area contributed by atoms with Crippen molar-refractivity contribution in [2.45, 2.75) is 40.8 Å². The lowest BCUT2D eigenvalue weighted by atomic mass is 9.99. The number of nitrogens with zero attached hydrogens (tertiary/aromatic N) is 5. The minimum atomic E-state index is -0.879. The molecule has 39 heavy (non-hydrogen) atoms. The van der Waals surface area contributed by atoms with Crippen LogP contribution in [0.1, 0.15) is 27.7 Å². The molecule has 0 bridgehead atoms. The number of carbonyl (C=O) groups excluding carboxylic acids is 1. The number of imidazole rings is 1. The van der Waals surface area contributed by atoms with Crippen molar-refractivity contribution in [3.05, 3.63) is 60.5 Å². The summed E-state index contributed by atoms with van der Waals surface area (Å²) in [6, 6.07) is 2.20. The van der Waals surface area contributed by atoms with Crippen LogP contribution >= 0.6 is 11.3 Å². The van der Waals surface area contributed by atoms with Crippen molar-refractivity contribution in [3.63, 3.8) is 0 Å². The van der Waals surface area contributed by atoms with E-state index in [4.69, 9.17) is 4.74 Å². The summed E-state index contributed by atoms with van der Waals surface area (Å²) in [6.07, 6.45) is 0. The third-order valence-electron chi connectivity index (χ3n) is 5.91. The number of ether oxygens (including phenoxy) is 1. The standard InChI is InChI=1S/C25H28F2N6O5S/c1-7-32-20-18(21(35)31(6)23(36)30(20)5)33(24(32)37)10-17(34)29-22-28-16(11-39-22)13-8-14(26)19(15(27)9-13)38-12-25(2,3)4/h8-9,11H,7,10,12H2,1-6H3,(H,28,29,34). The molecule has 14 heteroatoms. The highest BCUT2D eigenvalue weighted by atomic mass is 32.1. The van der Waals surface area contributed by atoms with Crippen molar-refractivity contribution in [2.24, 2.45) is 19.5 Å². The maximum atomic E-state index is 14.6. The van der Waals surface area contributed by atoms with Gasteiger partial charge in [-0.1, -0.05) is 20.8 Å². The number of hydrogen-bond donors (Lipinski definition) is 1. The van der Waals surface area contributed by atoms with Gasteiger partial charge >= 0.3 is 11.4 Å². The fourth-order valence-electron chi connectivity index (χ4n) is 4.03. The SMILES string of the molecule is CCn1c(=O)n(CC(=O)Nc2nc(-c3cc(F)c(OCC(C)(C)C)c(F)c3)cs2)c2c(=O)n(C)c(=O)n(C)c21. The van der Waals surface area contributed by atoms with Crippen LogP contribution in [0, 0.1) is 17.0 Å². The van der Waals surface area contributed by atoms with E-state index in [0.717, 1.165) is 32.6 Å². The lowest BCUT2D eigenvalue weighted by Crippen LogP contribution is -2.38. The van der Waals surface area contributed by atoms with Crippen LogP contribution in [0.2, 0.25) is 0 Å². The summed E-state index contributed by atoms with van der Waals surface area (Å²) >= 11 is 1.02. The van der Waals surface area contributed by atoms with Crippen LogP contribution in [-0.4, -0.2) is 35.8 Å². The van der Waals surface area contributed by atoms with Crippen molar-refractivity contribution in [1.29, 1.82) is 0 Å². The maximum absolute atomic E-state index is 14.6. The molecule has 0 radical (unpaired) electrons. The molecule has 3 heterocycles. The van der Waals surface area contributed by atoms with Crippen LogP contribution < -0.4 is 27.0 Å². The predicted molar refractivity (Wildman–Crippen MR) is 143 cm³/mol. The van der Waals surface area contributed by atoms with E-state index >= 15 is 0 Å². The van der Waals surface area contributed by atoms with Crippen LogP contribution in [0.5, 0.6) is 5.75 Å². The zero-order valence-electron chi connectivity index (χ0n) is 22.3. The van der Waals surface area contributed by atoms with E-state index in [1.165, 1.54) is 28.6 Å². The first-order valence-corrected chi connectivity index (χ1v) is 12.9. The van der Waals surface area contributed by atoms with E-state index in [-0.39, 0.29) is 46.1 Å². The normalized spacial score (nSPS) is 11.8. The number of aryl methyl sites for hydroxylation is 2. The molecule has 4 aromatic rings. The number of rotatable bonds is 7. The van der Waals surface area contributed by atoms with Crippen LogP contribution in [0.25, 0.3) is 22.4 Å². The lowest BCUT2D eigenvalue weighted by Gasteiger charge is -2.19. The molecule has 208 valence electrons. The fourth-order valence-corrected chi connectivity index (χ4v) is 4.76. The Morgan fingerprint density at radius 3 is 2.28 bits per heavy atom. The van der Waals surface area contributed by atoms with Gasteiger partial charge in [-0.3, -0.25) is 27.9 Å². The van der Waals surface area contributed by atoms with Gasteiger partial charge in [-0.15, -0.1) is 11.3 Å². The summed E-state index contributed by atoms with van der Waals surface area (Å²) in [6.45, 7) is 7.09. The minimum absolute atomic E-state index is 0.0823. The van der Waals surface area contributed by atoms with E-state index in [0.29, 0.717) is 0 Å². The second kappa shape index (κ2) is 10.2. The highest BCUT2D eigenvalue weighted by Crippen LogP contribution is 2.31.